The number of aliphatic imine (C=N–C) groups is 1. The van der Waals surface area contributed by atoms with Gasteiger partial charge < -0.3 is 4.52 Å². The molecule has 0 atom stereocenters. The summed E-state index contributed by atoms with van der Waals surface area (Å²) in [5.74, 6) is 0.689. The Balaban J connectivity index is 2.57. The largest absolute Gasteiger partial charge is 0.359 e. The Bertz CT molecular complexity index is 366. The van der Waals surface area contributed by atoms with Crippen LogP contribution in [0.25, 0.3) is 0 Å². The SMILES string of the molecule is CSC(=NCc1cc(C)no1)NC#N. The van der Waals surface area contributed by atoms with Gasteiger partial charge >= 0.3 is 0 Å². The molecule has 1 aromatic rings. The summed E-state index contributed by atoms with van der Waals surface area (Å²) in [6.45, 7) is 2.24. The van der Waals surface area contributed by atoms with E-state index in [1.807, 2.05) is 25.4 Å². The molecule has 0 aliphatic heterocycles. The van der Waals surface area contributed by atoms with E-state index in [2.05, 4.69) is 15.5 Å². The lowest BCUT2D eigenvalue weighted by molar-refractivity contribution is 0.381. The fourth-order valence-corrected chi connectivity index (χ4v) is 1.18. The van der Waals surface area contributed by atoms with Crippen LogP contribution in [0.1, 0.15) is 11.5 Å². The average Bonchev–Trinajstić information content (AvgIpc) is 2.59. The molecule has 0 saturated carbocycles. The lowest BCUT2D eigenvalue weighted by atomic mass is 10.4. The Morgan fingerprint density at radius 3 is 3.14 bits per heavy atom. The molecule has 5 nitrogen and oxygen atoms in total. The molecule has 0 unspecified atom stereocenters. The maximum absolute atomic E-state index is 8.38. The van der Waals surface area contributed by atoms with Gasteiger partial charge in [0.15, 0.2) is 17.1 Å². The van der Waals surface area contributed by atoms with Crippen molar-refractivity contribution in [3.63, 3.8) is 0 Å². The molecule has 0 fully saturated rings. The van der Waals surface area contributed by atoms with Gasteiger partial charge in [-0.3, -0.25) is 10.3 Å². The summed E-state index contributed by atoms with van der Waals surface area (Å²) in [6.07, 6.45) is 3.65. The van der Waals surface area contributed by atoms with Crippen molar-refractivity contribution < 1.29 is 4.52 Å². The van der Waals surface area contributed by atoms with Crippen molar-refractivity contribution in [3.8, 4) is 6.19 Å². The number of hydrogen-bond donors (Lipinski definition) is 1. The molecule has 0 spiro atoms. The lowest BCUT2D eigenvalue weighted by Gasteiger charge is -1.96. The van der Waals surface area contributed by atoms with Crippen LogP contribution in [0.2, 0.25) is 0 Å². The van der Waals surface area contributed by atoms with Crippen LogP contribution in [0.15, 0.2) is 15.6 Å². The zero-order valence-corrected chi connectivity index (χ0v) is 8.76. The van der Waals surface area contributed by atoms with Crippen LogP contribution in [0.5, 0.6) is 0 Å². The van der Waals surface area contributed by atoms with Gasteiger partial charge in [-0.05, 0) is 13.2 Å². The van der Waals surface area contributed by atoms with Gasteiger partial charge in [0, 0.05) is 6.07 Å². The molecule has 0 amide bonds. The maximum Gasteiger partial charge on any atom is 0.183 e. The van der Waals surface area contributed by atoms with E-state index in [9.17, 15) is 0 Å². The van der Waals surface area contributed by atoms with E-state index in [1.165, 1.54) is 11.8 Å². The van der Waals surface area contributed by atoms with Gasteiger partial charge in [-0.25, -0.2) is 0 Å². The summed E-state index contributed by atoms with van der Waals surface area (Å²) >= 11 is 1.37. The van der Waals surface area contributed by atoms with Crippen LogP contribution in [0, 0.1) is 18.4 Å². The first-order valence-corrected chi connectivity index (χ1v) is 5.14. The van der Waals surface area contributed by atoms with E-state index < -0.39 is 0 Å². The molecule has 0 aliphatic rings. The Labute approximate surface area is 86.2 Å². The number of aryl methyl sites for hydroxylation is 1. The maximum atomic E-state index is 8.38. The van der Waals surface area contributed by atoms with Crippen molar-refractivity contribution in [2.45, 2.75) is 13.5 Å². The highest BCUT2D eigenvalue weighted by molar-refractivity contribution is 8.13. The first-order valence-electron chi connectivity index (χ1n) is 3.92. The monoisotopic (exact) mass is 210 g/mol. The van der Waals surface area contributed by atoms with Gasteiger partial charge in [0.25, 0.3) is 0 Å². The molecule has 14 heavy (non-hydrogen) atoms. The standard InChI is InChI=1S/C8H10N4OS/c1-6-3-7(13-12-6)4-10-8(14-2)11-5-9/h3H,4H2,1-2H3,(H,10,11). The molecule has 0 aromatic carbocycles. The van der Waals surface area contributed by atoms with Crippen LogP contribution in [0.3, 0.4) is 0 Å². The minimum Gasteiger partial charge on any atom is -0.359 e. The number of aromatic nitrogens is 1. The molecule has 0 bridgehead atoms. The van der Waals surface area contributed by atoms with Gasteiger partial charge in [-0.2, -0.15) is 5.26 Å². The van der Waals surface area contributed by atoms with E-state index >= 15 is 0 Å². The van der Waals surface area contributed by atoms with Crippen LogP contribution in [0.4, 0.5) is 0 Å². The van der Waals surface area contributed by atoms with Gasteiger partial charge in [-0.1, -0.05) is 16.9 Å². The third kappa shape index (κ3) is 3.11. The van der Waals surface area contributed by atoms with Crippen molar-refractivity contribution in [1.29, 1.82) is 5.26 Å². The summed E-state index contributed by atoms with van der Waals surface area (Å²) in [5, 5.41) is 15.1. The van der Waals surface area contributed by atoms with Crippen LogP contribution in [-0.2, 0) is 6.54 Å². The summed E-state index contributed by atoms with van der Waals surface area (Å²) < 4.78 is 4.96. The Morgan fingerprint density at radius 1 is 1.86 bits per heavy atom. The predicted octanol–water partition coefficient (Wildman–Crippen LogP) is 1.27. The first kappa shape index (κ1) is 10.6. The molecule has 1 heterocycles. The number of nitriles is 1. The van der Waals surface area contributed by atoms with E-state index in [0.29, 0.717) is 17.5 Å². The van der Waals surface area contributed by atoms with E-state index in [4.69, 9.17) is 9.78 Å². The summed E-state index contributed by atoms with van der Waals surface area (Å²) in [6, 6.07) is 1.81. The molecule has 0 saturated heterocycles. The number of amidine groups is 1. The topological polar surface area (TPSA) is 74.2 Å². The molecule has 1 rings (SSSR count). The number of thioether (sulfide) groups is 1. The highest BCUT2D eigenvalue weighted by atomic mass is 32.2. The van der Waals surface area contributed by atoms with Gasteiger partial charge in [0.1, 0.15) is 6.54 Å². The Morgan fingerprint density at radius 2 is 2.64 bits per heavy atom. The molecule has 1 aromatic heterocycles. The van der Waals surface area contributed by atoms with Crippen LogP contribution in [-0.4, -0.2) is 16.6 Å². The van der Waals surface area contributed by atoms with Crippen molar-refractivity contribution in [2.24, 2.45) is 4.99 Å². The number of hydrogen-bond acceptors (Lipinski definition) is 5. The smallest absolute Gasteiger partial charge is 0.183 e. The molecule has 74 valence electrons. The third-order valence-corrected chi connectivity index (χ3v) is 2.03. The minimum atomic E-state index is 0.395. The normalized spacial score (nSPS) is 11.1. The van der Waals surface area contributed by atoms with Gasteiger partial charge in [0.05, 0.1) is 5.69 Å². The molecule has 0 aliphatic carbocycles. The highest BCUT2D eigenvalue weighted by Gasteiger charge is 2.00. The summed E-state index contributed by atoms with van der Waals surface area (Å²) in [4.78, 5) is 4.13. The number of nitrogens with one attached hydrogen (secondary N) is 1. The third-order valence-electron chi connectivity index (χ3n) is 1.41. The number of rotatable bonds is 2. The van der Waals surface area contributed by atoms with E-state index in [0.717, 1.165) is 5.69 Å². The fraction of sp³-hybridized carbons (Fsp3) is 0.375. The molecular formula is C8H10N4OS. The average molecular weight is 210 g/mol. The van der Waals surface area contributed by atoms with Gasteiger partial charge in [0.2, 0.25) is 0 Å². The van der Waals surface area contributed by atoms with Crippen molar-refractivity contribution in [1.82, 2.24) is 10.5 Å². The van der Waals surface area contributed by atoms with Crippen LogP contribution < -0.4 is 5.32 Å². The predicted molar refractivity (Wildman–Crippen MR) is 54.6 cm³/mol. The quantitative estimate of drug-likeness (QED) is 0.344. The molecule has 0 radical (unpaired) electrons. The Hall–Kier alpha value is -1.48. The van der Waals surface area contributed by atoms with Crippen LogP contribution >= 0.6 is 11.8 Å². The second-order valence-electron chi connectivity index (χ2n) is 2.50. The summed E-state index contributed by atoms with van der Waals surface area (Å²) in [5.41, 5.74) is 0.828. The Kier molecular flexibility index (Phi) is 4.01. The van der Waals surface area contributed by atoms with E-state index in [1.54, 1.807) is 0 Å². The fourth-order valence-electron chi connectivity index (χ4n) is 0.843. The summed E-state index contributed by atoms with van der Waals surface area (Å²) in [7, 11) is 0. The second-order valence-corrected chi connectivity index (χ2v) is 3.29. The molecule has 6 heteroatoms. The minimum absolute atomic E-state index is 0.395. The highest BCUT2D eigenvalue weighted by Crippen LogP contribution is 2.05. The first-order chi connectivity index (χ1) is 6.76. The number of nitrogens with zero attached hydrogens (tertiary/aromatic N) is 3. The molecular weight excluding hydrogens is 200 g/mol. The van der Waals surface area contributed by atoms with Gasteiger partial charge in [-0.15, -0.1) is 0 Å². The molecule has 1 N–H and O–H groups in total. The lowest BCUT2D eigenvalue weighted by Crippen LogP contribution is -2.13. The van der Waals surface area contributed by atoms with E-state index in [-0.39, 0.29) is 0 Å². The zero-order chi connectivity index (χ0) is 10.4. The van der Waals surface area contributed by atoms with Crippen molar-refractivity contribution >= 4 is 16.9 Å². The van der Waals surface area contributed by atoms with Crippen molar-refractivity contribution in [3.05, 3.63) is 17.5 Å². The zero-order valence-electron chi connectivity index (χ0n) is 7.94. The van der Waals surface area contributed by atoms with Crippen molar-refractivity contribution in [2.75, 3.05) is 6.26 Å². The second kappa shape index (κ2) is 5.29.